The molecule has 0 saturated carbocycles. The molecule has 4 N–H and O–H groups in total. The molecule has 156 valence electrons. The van der Waals surface area contributed by atoms with Crippen molar-refractivity contribution in [2.45, 2.75) is 19.3 Å². The maximum Gasteiger partial charge on any atom is 0.295 e. The number of halogens is 2. The second-order valence-electron chi connectivity index (χ2n) is 7.20. The second-order valence-corrected chi connectivity index (χ2v) is 7.20. The van der Waals surface area contributed by atoms with Gasteiger partial charge in [0.25, 0.3) is 12.3 Å². The second kappa shape index (κ2) is 8.05. The van der Waals surface area contributed by atoms with Crippen molar-refractivity contribution in [3.8, 4) is 0 Å². The Balaban J connectivity index is 1.44. The zero-order valence-electron chi connectivity index (χ0n) is 15.9. The Morgan fingerprint density at radius 3 is 2.80 bits per heavy atom. The first-order valence-corrected chi connectivity index (χ1v) is 9.50. The summed E-state index contributed by atoms with van der Waals surface area (Å²) in [4.78, 5) is 36.6. The minimum atomic E-state index is -2.71. The Kier molecular flexibility index (Phi) is 5.30. The number of nitrogens with zero attached hydrogens (tertiary/aromatic N) is 3. The highest BCUT2D eigenvalue weighted by atomic mass is 19.3. The van der Waals surface area contributed by atoms with Gasteiger partial charge in [-0.25, -0.2) is 18.7 Å². The van der Waals surface area contributed by atoms with Crippen LogP contribution in [0, 0.1) is 5.92 Å². The van der Waals surface area contributed by atoms with Gasteiger partial charge in [-0.15, -0.1) is 0 Å². The highest BCUT2D eigenvalue weighted by Gasteiger charge is 2.24. The molecule has 0 radical (unpaired) electrons. The first kappa shape index (κ1) is 19.7. The van der Waals surface area contributed by atoms with E-state index in [0.29, 0.717) is 34.6 Å². The van der Waals surface area contributed by atoms with Gasteiger partial charge in [-0.3, -0.25) is 9.59 Å². The number of piperidine rings is 1. The van der Waals surface area contributed by atoms with Gasteiger partial charge in [0, 0.05) is 18.7 Å². The third kappa shape index (κ3) is 4.07. The summed E-state index contributed by atoms with van der Waals surface area (Å²) in [5.74, 6) is -0.621. The molecule has 3 heterocycles. The SMILES string of the molecule is NC(=O)C1CCCN(c2ccc(NC(=O)c3ccc4nc(C(F)F)[nH]c4c3)cn2)C1. The van der Waals surface area contributed by atoms with Gasteiger partial charge < -0.3 is 20.9 Å². The number of aromatic nitrogens is 3. The van der Waals surface area contributed by atoms with Gasteiger partial charge >= 0.3 is 0 Å². The van der Waals surface area contributed by atoms with Gasteiger partial charge in [0.05, 0.1) is 28.8 Å². The zero-order chi connectivity index (χ0) is 21.3. The number of primary amides is 1. The standard InChI is InChI=1S/C20H20F2N6O2/c21-17(22)19-26-14-5-3-11(8-15(14)27-19)20(30)25-13-4-6-16(24-9-13)28-7-1-2-12(10-28)18(23)29/h3-6,8-9,12,17H,1-2,7,10H2,(H2,23,29)(H,25,30)(H,26,27). The largest absolute Gasteiger partial charge is 0.369 e. The number of nitrogens with two attached hydrogens (primary N) is 1. The number of pyridine rings is 1. The molecule has 1 aromatic carbocycles. The predicted octanol–water partition coefficient (Wildman–Crippen LogP) is 2.85. The molecule has 0 bridgehead atoms. The van der Waals surface area contributed by atoms with Crippen LogP contribution in [-0.4, -0.2) is 39.9 Å². The van der Waals surface area contributed by atoms with Crippen molar-refractivity contribution < 1.29 is 18.4 Å². The lowest BCUT2D eigenvalue weighted by atomic mass is 9.97. The number of aromatic amines is 1. The fraction of sp³-hybridized carbons (Fsp3) is 0.300. The molecule has 0 spiro atoms. The van der Waals surface area contributed by atoms with Crippen molar-refractivity contribution >= 4 is 34.4 Å². The Hall–Kier alpha value is -3.56. The Morgan fingerprint density at radius 2 is 2.10 bits per heavy atom. The fourth-order valence-electron chi connectivity index (χ4n) is 3.54. The van der Waals surface area contributed by atoms with Crippen molar-refractivity contribution in [3.63, 3.8) is 0 Å². The lowest BCUT2D eigenvalue weighted by Crippen LogP contribution is -2.41. The third-order valence-corrected chi connectivity index (χ3v) is 5.12. The molecule has 2 amide bonds. The van der Waals surface area contributed by atoms with E-state index >= 15 is 0 Å². The van der Waals surface area contributed by atoms with Crippen LogP contribution in [0.3, 0.4) is 0 Å². The van der Waals surface area contributed by atoms with E-state index < -0.39 is 18.2 Å². The summed E-state index contributed by atoms with van der Waals surface area (Å²) in [7, 11) is 0. The maximum absolute atomic E-state index is 12.8. The number of benzene rings is 1. The molecule has 1 aliphatic rings. The number of hydrogen-bond acceptors (Lipinski definition) is 5. The van der Waals surface area contributed by atoms with E-state index in [2.05, 4.69) is 20.3 Å². The smallest absolute Gasteiger partial charge is 0.295 e. The summed E-state index contributed by atoms with van der Waals surface area (Å²) in [6, 6.07) is 8.00. The van der Waals surface area contributed by atoms with Crippen LogP contribution in [0.5, 0.6) is 0 Å². The number of rotatable bonds is 5. The highest BCUT2D eigenvalue weighted by Crippen LogP contribution is 2.23. The van der Waals surface area contributed by atoms with Gasteiger partial charge in [0.1, 0.15) is 5.82 Å². The molecular formula is C20H20F2N6O2. The zero-order valence-corrected chi connectivity index (χ0v) is 15.9. The van der Waals surface area contributed by atoms with Crippen LogP contribution in [0.2, 0.25) is 0 Å². The Morgan fingerprint density at radius 1 is 1.27 bits per heavy atom. The van der Waals surface area contributed by atoms with E-state index in [1.807, 2.05) is 4.90 Å². The average molecular weight is 414 g/mol. The molecule has 4 rings (SSSR count). The van der Waals surface area contributed by atoms with E-state index in [4.69, 9.17) is 5.73 Å². The number of carbonyl (C=O) groups excluding carboxylic acids is 2. The topological polar surface area (TPSA) is 117 Å². The average Bonchev–Trinajstić information content (AvgIpc) is 3.18. The molecule has 3 aromatic rings. The van der Waals surface area contributed by atoms with Crippen molar-refractivity contribution in [2.75, 3.05) is 23.3 Å². The van der Waals surface area contributed by atoms with Crippen LogP contribution in [0.4, 0.5) is 20.3 Å². The van der Waals surface area contributed by atoms with Gasteiger partial charge in [0.15, 0.2) is 5.82 Å². The molecule has 1 fully saturated rings. The number of fused-ring (bicyclic) bond motifs is 1. The van der Waals surface area contributed by atoms with Crippen LogP contribution in [0.15, 0.2) is 36.5 Å². The molecule has 0 aliphatic carbocycles. The number of nitrogens with one attached hydrogen (secondary N) is 2. The molecular weight excluding hydrogens is 394 g/mol. The van der Waals surface area contributed by atoms with E-state index in [1.165, 1.54) is 24.4 Å². The molecule has 1 saturated heterocycles. The number of hydrogen-bond donors (Lipinski definition) is 3. The third-order valence-electron chi connectivity index (χ3n) is 5.12. The van der Waals surface area contributed by atoms with Crippen LogP contribution in [-0.2, 0) is 4.79 Å². The van der Waals surface area contributed by atoms with Gasteiger partial charge in [-0.1, -0.05) is 0 Å². The van der Waals surface area contributed by atoms with E-state index in [0.717, 1.165) is 19.4 Å². The Labute approximate surface area is 170 Å². The molecule has 30 heavy (non-hydrogen) atoms. The molecule has 10 heteroatoms. The number of H-pyrrole nitrogens is 1. The van der Waals surface area contributed by atoms with Crippen molar-refractivity contribution in [1.82, 2.24) is 15.0 Å². The summed E-state index contributed by atoms with van der Waals surface area (Å²) in [6.45, 7) is 1.31. The van der Waals surface area contributed by atoms with E-state index in [-0.39, 0.29) is 11.8 Å². The number of imidazole rings is 1. The number of carbonyl (C=O) groups is 2. The monoisotopic (exact) mass is 414 g/mol. The molecule has 8 nitrogen and oxygen atoms in total. The maximum atomic E-state index is 12.8. The summed E-state index contributed by atoms with van der Waals surface area (Å²) in [5, 5.41) is 2.73. The van der Waals surface area contributed by atoms with Crippen molar-refractivity contribution in [3.05, 3.63) is 47.9 Å². The summed E-state index contributed by atoms with van der Waals surface area (Å²) in [6.07, 6.45) is 0.457. The lowest BCUT2D eigenvalue weighted by Gasteiger charge is -2.32. The Bertz CT molecular complexity index is 1080. The van der Waals surface area contributed by atoms with Crippen molar-refractivity contribution in [2.24, 2.45) is 11.7 Å². The van der Waals surface area contributed by atoms with Crippen LogP contribution < -0.4 is 16.0 Å². The van der Waals surface area contributed by atoms with Crippen LogP contribution in [0.25, 0.3) is 11.0 Å². The predicted molar refractivity (Wildman–Crippen MR) is 107 cm³/mol. The summed E-state index contributed by atoms with van der Waals surface area (Å²) in [5.41, 5.74) is 6.93. The molecule has 1 unspecified atom stereocenters. The highest BCUT2D eigenvalue weighted by molar-refractivity contribution is 6.05. The minimum Gasteiger partial charge on any atom is -0.369 e. The summed E-state index contributed by atoms with van der Waals surface area (Å²) < 4.78 is 25.5. The van der Waals surface area contributed by atoms with Gasteiger partial charge in [0.2, 0.25) is 5.91 Å². The van der Waals surface area contributed by atoms with Crippen LogP contribution in [0.1, 0.15) is 35.4 Å². The molecule has 1 atom stereocenters. The number of amides is 2. The molecule has 2 aromatic heterocycles. The number of anilines is 2. The lowest BCUT2D eigenvalue weighted by molar-refractivity contribution is -0.122. The number of alkyl halides is 2. The first-order valence-electron chi connectivity index (χ1n) is 9.50. The minimum absolute atomic E-state index is 0.192. The normalized spacial score (nSPS) is 16.8. The summed E-state index contributed by atoms with van der Waals surface area (Å²) >= 11 is 0. The van der Waals surface area contributed by atoms with Crippen LogP contribution >= 0.6 is 0 Å². The van der Waals surface area contributed by atoms with Gasteiger partial charge in [-0.05, 0) is 43.2 Å². The van der Waals surface area contributed by atoms with Gasteiger partial charge in [-0.2, -0.15) is 0 Å². The quantitative estimate of drug-likeness (QED) is 0.594. The van der Waals surface area contributed by atoms with E-state index in [1.54, 1.807) is 12.1 Å². The first-order chi connectivity index (χ1) is 14.4. The molecule has 1 aliphatic heterocycles. The fourth-order valence-corrected chi connectivity index (χ4v) is 3.54. The van der Waals surface area contributed by atoms with Crippen molar-refractivity contribution in [1.29, 1.82) is 0 Å². The van der Waals surface area contributed by atoms with E-state index in [9.17, 15) is 18.4 Å².